The highest BCUT2D eigenvalue weighted by atomic mass is 28.4. The maximum atomic E-state index is 11.4. The molecule has 2 aromatic rings. The lowest BCUT2D eigenvalue weighted by Crippen LogP contribution is -2.40. The zero-order valence-electron chi connectivity index (χ0n) is 18.2. The molecular formula is C25H30O3Si. The molecule has 0 radical (unpaired) electrons. The highest BCUT2D eigenvalue weighted by Crippen LogP contribution is 2.37. The van der Waals surface area contributed by atoms with Gasteiger partial charge in [-0.3, -0.25) is 0 Å². The third-order valence-electron chi connectivity index (χ3n) is 5.27. The van der Waals surface area contributed by atoms with Gasteiger partial charge in [0.1, 0.15) is 0 Å². The van der Waals surface area contributed by atoms with Gasteiger partial charge in [-0.15, -0.1) is 0 Å². The van der Waals surface area contributed by atoms with Gasteiger partial charge >= 0.3 is 5.97 Å². The van der Waals surface area contributed by atoms with Crippen molar-refractivity contribution in [3.05, 3.63) is 76.9 Å². The molecule has 0 saturated carbocycles. The summed E-state index contributed by atoms with van der Waals surface area (Å²) in [6.07, 6.45) is 3.72. The van der Waals surface area contributed by atoms with Crippen molar-refractivity contribution in [2.24, 2.45) is 0 Å². The van der Waals surface area contributed by atoms with Crippen molar-refractivity contribution in [1.29, 1.82) is 0 Å². The molecule has 0 amide bonds. The average molecular weight is 407 g/mol. The van der Waals surface area contributed by atoms with Crippen LogP contribution in [0, 0.1) is 11.8 Å². The lowest BCUT2D eigenvalue weighted by Gasteiger charge is -2.36. The molecule has 2 aromatic carbocycles. The summed E-state index contributed by atoms with van der Waals surface area (Å²) < 4.78 is 11.0. The Kier molecular flexibility index (Phi) is 7.61. The molecule has 2 rings (SSSR count). The van der Waals surface area contributed by atoms with E-state index >= 15 is 0 Å². The van der Waals surface area contributed by atoms with Crippen LogP contribution in [0.2, 0.25) is 18.1 Å². The maximum Gasteiger partial charge on any atom is 0.337 e. The lowest BCUT2D eigenvalue weighted by atomic mass is 10.1. The molecule has 152 valence electrons. The van der Waals surface area contributed by atoms with E-state index in [9.17, 15) is 4.79 Å². The predicted molar refractivity (Wildman–Crippen MR) is 122 cm³/mol. The number of hydrogen-bond donors (Lipinski definition) is 0. The second kappa shape index (κ2) is 9.73. The van der Waals surface area contributed by atoms with E-state index in [2.05, 4.69) is 57.8 Å². The van der Waals surface area contributed by atoms with Crippen LogP contribution < -0.4 is 0 Å². The van der Waals surface area contributed by atoms with Crippen LogP contribution in [0.4, 0.5) is 0 Å². The first kappa shape index (κ1) is 22.7. The minimum atomic E-state index is -1.73. The van der Waals surface area contributed by atoms with Crippen LogP contribution >= 0.6 is 0 Å². The van der Waals surface area contributed by atoms with Gasteiger partial charge < -0.3 is 9.16 Å². The second-order valence-electron chi connectivity index (χ2n) is 8.46. The number of ether oxygens (including phenoxy) is 1. The molecule has 29 heavy (non-hydrogen) atoms. The molecule has 4 heteroatoms. The largest absolute Gasteiger partial charge is 0.465 e. The summed E-state index contributed by atoms with van der Waals surface area (Å²) >= 11 is 0. The van der Waals surface area contributed by atoms with Gasteiger partial charge in [-0.2, -0.15) is 0 Å². The summed E-state index contributed by atoms with van der Waals surface area (Å²) in [6, 6.07) is 15.4. The van der Waals surface area contributed by atoms with E-state index in [0.29, 0.717) is 12.2 Å². The fraction of sp³-hybridized carbons (Fsp3) is 0.320. The first-order valence-electron chi connectivity index (χ1n) is 9.72. The molecule has 0 aliphatic heterocycles. The number of methoxy groups -OCH3 is 1. The van der Waals surface area contributed by atoms with Crippen LogP contribution in [-0.2, 0) is 15.8 Å². The third-order valence-corrected chi connectivity index (χ3v) is 9.75. The van der Waals surface area contributed by atoms with Gasteiger partial charge in [0.2, 0.25) is 0 Å². The number of esters is 1. The van der Waals surface area contributed by atoms with Crippen LogP contribution in [0.3, 0.4) is 0 Å². The van der Waals surface area contributed by atoms with Crippen LogP contribution in [0.25, 0.3) is 6.08 Å². The fourth-order valence-corrected chi connectivity index (χ4v) is 3.24. The zero-order chi connectivity index (χ0) is 21.5. The molecule has 0 spiro atoms. The Bertz CT molecular complexity index is 906. The van der Waals surface area contributed by atoms with E-state index in [1.54, 1.807) is 12.1 Å². The number of benzene rings is 2. The standard InChI is InChI=1S/C25H30O3Si/c1-25(2,3)29(5,6)28-19-22-13-11-20(12-14-22)9-7-8-10-21-15-17-23(18-16-21)24(26)27-4/h8,10-18H,19H2,1-6H3. The number of carbonyl (C=O) groups is 1. The summed E-state index contributed by atoms with van der Waals surface area (Å²) in [6.45, 7) is 11.9. The van der Waals surface area contributed by atoms with Crippen molar-refractivity contribution in [1.82, 2.24) is 0 Å². The highest BCUT2D eigenvalue weighted by Gasteiger charge is 2.36. The molecule has 0 aliphatic carbocycles. The molecule has 3 nitrogen and oxygen atoms in total. The minimum absolute atomic E-state index is 0.213. The Morgan fingerprint density at radius 2 is 1.66 bits per heavy atom. The van der Waals surface area contributed by atoms with Crippen molar-refractivity contribution >= 4 is 20.4 Å². The van der Waals surface area contributed by atoms with Crippen molar-refractivity contribution in [3.8, 4) is 11.8 Å². The summed E-state index contributed by atoms with van der Waals surface area (Å²) in [5, 5.41) is 0.213. The normalized spacial score (nSPS) is 11.8. The second-order valence-corrected chi connectivity index (χ2v) is 13.3. The SMILES string of the molecule is COC(=O)c1ccc(C=CC#Cc2ccc(CO[Si](C)(C)C(C)(C)C)cc2)cc1. The Labute approximate surface area is 175 Å². The predicted octanol–water partition coefficient (Wildman–Crippen LogP) is 6.06. The van der Waals surface area contributed by atoms with Crippen LogP contribution in [0.5, 0.6) is 0 Å². The Morgan fingerprint density at radius 1 is 1.03 bits per heavy atom. The molecule has 0 bridgehead atoms. The number of hydrogen-bond acceptors (Lipinski definition) is 3. The Balaban J connectivity index is 1.93. The first-order valence-corrected chi connectivity index (χ1v) is 12.6. The minimum Gasteiger partial charge on any atom is -0.465 e. The van der Waals surface area contributed by atoms with Gasteiger partial charge in [0.15, 0.2) is 8.32 Å². The summed E-state index contributed by atoms with van der Waals surface area (Å²) in [5.74, 6) is 5.85. The quantitative estimate of drug-likeness (QED) is 0.344. The number of rotatable bonds is 5. The zero-order valence-corrected chi connectivity index (χ0v) is 19.2. The van der Waals surface area contributed by atoms with Gasteiger partial charge in [0.25, 0.3) is 0 Å². The Morgan fingerprint density at radius 3 is 2.21 bits per heavy atom. The van der Waals surface area contributed by atoms with E-state index in [-0.39, 0.29) is 11.0 Å². The van der Waals surface area contributed by atoms with E-state index in [4.69, 9.17) is 9.16 Å². The third kappa shape index (κ3) is 6.74. The number of allylic oxidation sites excluding steroid dienone is 1. The van der Waals surface area contributed by atoms with Crippen LogP contribution in [0.1, 0.15) is 47.8 Å². The van der Waals surface area contributed by atoms with Gasteiger partial charge in [-0.1, -0.05) is 56.9 Å². The first-order chi connectivity index (χ1) is 13.6. The van der Waals surface area contributed by atoms with E-state index < -0.39 is 8.32 Å². The maximum absolute atomic E-state index is 11.4. The van der Waals surface area contributed by atoms with Crippen molar-refractivity contribution in [2.45, 2.75) is 45.5 Å². The molecule has 0 aromatic heterocycles. The summed E-state index contributed by atoms with van der Waals surface area (Å²) in [4.78, 5) is 11.4. The van der Waals surface area contributed by atoms with Gasteiger partial charge in [-0.25, -0.2) is 4.79 Å². The monoisotopic (exact) mass is 406 g/mol. The van der Waals surface area contributed by atoms with Crippen molar-refractivity contribution in [2.75, 3.05) is 7.11 Å². The molecule has 0 heterocycles. The molecule has 0 atom stereocenters. The van der Waals surface area contributed by atoms with Crippen molar-refractivity contribution in [3.63, 3.8) is 0 Å². The Hall–Kier alpha value is -2.61. The molecule has 0 N–H and O–H groups in total. The molecular weight excluding hydrogens is 376 g/mol. The summed E-state index contributed by atoms with van der Waals surface area (Å²) in [5.41, 5.74) is 3.65. The number of carbonyl (C=O) groups excluding carboxylic acids is 1. The van der Waals surface area contributed by atoms with Crippen LogP contribution in [-0.4, -0.2) is 21.4 Å². The highest BCUT2D eigenvalue weighted by molar-refractivity contribution is 6.74. The van der Waals surface area contributed by atoms with Crippen molar-refractivity contribution < 1.29 is 14.0 Å². The lowest BCUT2D eigenvalue weighted by molar-refractivity contribution is 0.0600. The van der Waals surface area contributed by atoms with Crippen LogP contribution in [0.15, 0.2) is 54.6 Å². The van der Waals surface area contributed by atoms with Gasteiger partial charge in [-0.05, 0) is 65.7 Å². The van der Waals surface area contributed by atoms with E-state index in [1.165, 1.54) is 12.7 Å². The smallest absolute Gasteiger partial charge is 0.337 e. The topological polar surface area (TPSA) is 35.5 Å². The van der Waals surface area contributed by atoms with E-state index in [1.807, 2.05) is 36.4 Å². The summed E-state index contributed by atoms with van der Waals surface area (Å²) in [7, 11) is -0.360. The van der Waals surface area contributed by atoms with Gasteiger partial charge in [0.05, 0.1) is 19.3 Å². The van der Waals surface area contributed by atoms with E-state index in [0.717, 1.165) is 11.1 Å². The molecule has 0 unspecified atom stereocenters. The van der Waals surface area contributed by atoms with Gasteiger partial charge in [0, 0.05) is 5.56 Å². The molecule has 0 aliphatic rings. The average Bonchev–Trinajstić information content (AvgIpc) is 2.69. The molecule has 0 fully saturated rings. The fourth-order valence-electron chi connectivity index (χ4n) is 2.28. The molecule has 0 saturated heterocycles.